The molecule has 4 atom stereocenters. The molecule has 1 aliphatic heterocycles. The van der Waals surface area contributed by atoms with Crippen LogP contribution in [0.15, 0.2) is 23.1 Å². The Balaban J connectivity index is 1.83. The number of benzene rings is 1. The van der Waals surface area contributed by atoms with Crippen LogP contribution in [-0.4, -0.2) is 33.2 Å². The van der Waals surface area contributed by atoms with E-state index in [0.29, 0.717) is 12.2 Å². The second-order valence-electron chi connectivity index (χ2n) is 5.27. The molecule has 2 fully saturated rings. The average Bonchev–Trinajstić information content (AvgIpc) is 2.89. The van der Waals surface area contributed by atoms with Gasteiger partial charge in [-0.15, -0.1) is 0 Å². The topological polar surface area (TPSA) is 105 Å². The maximum absolute atomic E-state index is 12.4. The number of nitrogens with one attached hydrogen (secondary N) is 1. The highest BCUT2D eigenvalue weighted by Gasteiger charge is 2.53. The zero-order valence-electron chi connectivity index (χ0n) is 11.0. The zero-order chi connectivity index (χ0) is 15.2. The molecular weight excluding hydrogens is 314 g/mol. The molecule has 8 heteroatoms. The highest BCUT2D eigenvalue weighted by Crippen LogP contribution is 2.38. The smallest absolute Gasteiger partial charge is 0.242 e. The molecule has 1 aliphatic carbocycles. The van der Waals surface area contributed by atoms with Gasteiger partial charge in [-0.2, -0.15) is 5.26 Å². The number of hydrogen-bond acceptors (Lipinski definition) is 5. The third kappa shape index (κ3) is 2.43. The molecule has 0 bridgehead atoms. The molecule has 112 valence electrons. The quantitative estimate of drug-likeness (QED) is 0.846. The van der Waals surface area contributed by atoms with E-state index in [2.05, 4.69) is 4.72 Å². The number of hydrogen-bond donors (Lipinski definition) is 2. The van der Waals surface area contributed by atoms with Crippen molar-refractivity contribution in [2.45, 2.75) is 29.5 Å². The average molecular weight is 328 g/mol. The summed E-state index contributed by atoms with van der Waals surface area (Å²) in [4.78, 5) is -0.0585. The third-order valence-electron chi connectivity index (χ3n) is 4.09. The number of ether oxygens (including phenoxy) is 1. The van der Waals surface area contributed by atoms with Gasteiger partial charge in [-0.05, 0) is 24.6 Å². The summed E-state index contributed by atoms with van der Waals surface area (Å²) in [7, 11) is -3.80. The summed E-state index contributed by atoms with van der Waals surface area (Å²) in [5, 5.41) is 8.79. The van der Waals surface area contributed by atoms with E-state index in [-0.39, 0.29) is 28.0 Å². The zero-order valence-corrected chi connectivity index (χ0v) is 12.6. The van der Waals surface area contributed by atoms with Gasteiger partial charge in [-0.25, -0.2) is 13.1 Å². The van der Waals surface area contributed by atoms with Gasteiger partial charge >= 0.3 is 0 Å². The summed E-state index contributed by atoms with van der Waals surface area (Å²) >= 11 is 5.95. The molecule has 1 saturated carbocycles. The van der Waals surface area contributed by atoms with Gasteiger partial charge in [0.15, 0.2) is 0 Å². The lowest BCUT2D eigenvalue weighted by molar-refractivity contribution is -0.00923. The molecule has 4 unspecified atom stereocenters. The van der Waals surface area contributed by atoms with E-state index < -0.39 is 16.1 Å². The molecule has 0 spiro atoms. The molecule has 1 heterocycles. The predicted octanol–water partition coefficient (Wildman–Crippen LogP) is 0.605. The van der Waals surface area contributed by atoms with Crippen molar-refractivity contribution >= 4 is 21.6 Å². The van der Waals surface area contributed by atoms with E-state index in [1.807, 2.05) is 6.07 Å². The maximum atomic E-state index is 12.4. The molecule has 1 aromatic carbocycles. The van der Waals surface area contributed by atoms with Crippen LogP contribution in [0.2, 0.25) is 5.02 Å². The monoisotopic (exact) mass is 327 g/mol. The number of rotatable bonds is 3. The molecule has 0 radical (unpaired) electrons. The van der Waals surface area contributed by atoms with Crippen LogP contribution in [0.3, 0.4) is 0 Å². The Labute approximate surface area is 127 Å². The minimum atomic E-state index is -3.80. The molecule has 6 nitrogen and oxygen atoms in total. The molecule has 1 saturated heterocycles. The van der Waals surface area contributed by atoms with E-state index in [4.69, 9.17) is 27.3 Å². The van der Waals surface area contributed by atoms with E-state index in [9.17, 15) is 8.42 Å². The maximum Gasteiger partial charge on any atom is 0.242 e. The minimum Gasteiger partial charge on any atom is -0.376 e. The van der Waals surface area contributed by atoms with Gasteiger partial charge in [-0.3, -0.25) is 0 Å². The summed E-state index contributed by atoms with van der Waals surface area (Å²) in [6, 6.07) is 5.28. The van der Waals surface area contributed by atoms with Crippen LogP contribution in [0.25, 0.3) is 0 Å². The highest BCUT2D eigenvalue weighted by atomic mass is 35.5. The SMILES string of the molecule is N#Cc1ccc(S(=O)(=O)NC2C(N)C3CCOC32)c(Cl)c1. The second kappa shape index (κ2) is 5.23. The van der Waals surface area contributed by atoms with Crippen molar-refractivity contribution in [3.8, 4) is 6.07 Å². The fourth-order valence-electron chi connectivity index (χ4n) is 2.93. The van der Waals surface area contributed by atoms with Crippen molar-refractivity contribution in [1.82, 2.24) is 4.72 Å². The van der Waals surface area contributed by atoms with Crippen LogP contribution >= 0.6 is 11.6 Å². The summed E-state index contributed by atoms with van der Waals surface area (Å²) in [6.07, 6.45) is 0.703. The number of nitrogens with zero attached hydrogens (tertiary/aromatic N) is 1. The Hall–Kier alpha value is -1.17. The fraction of sp³-hybridized carbons (Fsp3) is 0.462. The van der Waals surface area contributed by atoms with Crippen LogP contribution in [-0.2, 0) is 14.8 Å². The Morgan fingerprint density at radius 2 is 2.24 bits per heavy atom. The van der Waals surface area contributed by atoms with Crippen molar-refractivity contribution in [3.05, 3.63) is 28.8 Å². The predicted molar refractivity (Wildman–Crippen MR) is 76.1 cm³/mol. The number of fused-ring (bicyclic) bond motifs is 1. The summed E-state index contributed by atoms with van der Waals surface area (Å²) in [5.74, 6) is 0.217. The highest BCUT2D eigenvalue weighted by molar-refractivity contribution is 7.89. The molecule has 0 aromatic heterocycles. The molecule has 2 aliphatic rings. The number of sulfonamides is 1. The third-order valence-corrected chi connectivity index (χ3v) is 6.03. The molecule has 3 N–H and O–H groups in total. The first-order chi connectivity index (χ1) is 9.94. The first-order valence-corrected chi connectivity index (χ1v) is 8.39. The van der Waals surface area contributed by atoms with Crippen molar-refractivity contribution in [1.29, 1.82) is 5.26 Å². The number of nitriles is 1. The molecule has 1 aromatic rings. The fourth-order valence-corrected chi connectivity index (χ4v) is 4.75. The van der Waals surface area contributed by atoms with Crippen LogP contribution in [0.1, 0.15) is 12.0 Å². The van der Waals surface area contributed by atoms with Crippen molar-refractivity contribution < 1.29 is 13.2 Å². The van der Waals surface area contributed by atoms with E-state index in [1.54, 1.807) is 0 Å². The molecular formula is C13H14ClN3O3S. The van der Waals surface area contributed by atoms with E-state index in [1.165, 1.54) is 18.2 Å². The van der Waals surface area contributed by atoms with Gasteiger partial charge in [0.05, 0.1) is 28.8 Å². The van der Waals surface area contributed by atoms with Gasteiger partial charge in [0, 0.05) is 18.6 Å². The molecule has 0 amide bonds. The van der Waals surface area contributed by atoms with Gasteiger partial charge in [-0.1, -0.05) is 11.6 Å². The first-order valence-electron chi connectivity index (χ1n) is 6.53. The van der Waals surface area contributed by atoms with Crippen LogP contribution < -0.4 is 10.5 Å². The number of nitrogens with two attached hydrogens (primary N) is 1. The lowest BCUT2D eigenvalue weighted by Gasteiger charge is -2.45. The standard InChI is InChI=1S/C13H14ClN3O3S/c14-9-5-7(6-15)1-2-10(9)21(18,19)17-12-11(16)8-3-4-20-13(8)12/h1-2,5,8,11-13,17H,3-4,16H2. The van der Waals surface area contributed by atoms with Crippen LogP contribution in [0, 0.1) is 17.2 Å². The van der Waals surface area contributed by atoms with Crippen LogP contribution in [0.4, 0.5) is 0 Å². The largest absolute Gasteiger partial charge is 0.376 e. The van der Waals surface area contributed by atoms with Gasteiger partial charge in [0.1, 0.15) is 4.90 Å². The summed E-state index contributed by atoms with van der Waals surface area (Å²) < 4.78 is 32.9. The Kier molecular flexibility index (Phi) is 3.67. The van der Waals surface area contributed by atoms with Crippen molar-refractivity contribution in [3.63, 3.8) is 0 Å². The van der Waals surface area contributed by atoms with E-state index >= 15 is 0 Å². The number of halogens is 1. The van der Waals surface area contributed by atoms with Crippen molar-refractivity contribution in [2.75, 3.05) is 6.61 Å². The van der Waals surface area contributed by atoms with Crippen LogP contribution in [0.5, 0.6) is 0 Å². The van der Waals surface area contributed by atoms with Gasteiger partial charge in [0.2, 0.25) is 10.0 Å². The normalized spacial score (nSPS) is 31.3. The Morgan fingerprint density at radius 1 is 1.48 bits per heavy atom. The Bertz CT molecular complexity index is 716. The Morgan fingerprint density at radius 3 is 2.90 bits per heavy atom. The summed E-state index contributed by atoms with van der Waals surface area (Å²) in [6.45, 7) is 0.610. The molecule has 21 heavy (non-hydrogen) atoms. The minimum absolute atomic E-state index is 0.0123. The molecule has 3 rings (SSSR count). The van der Waals surface area contributed by atoms with Crippen molar-refractivity contribution in [2.24, 2.45) is 11.7 Å². The second-order valence-corrected chi connectivity index (χ2v) is 7.36. The van der Waals surface area contributed by atoms with Gasteiger partial charge < -0.3 is 10.5 Å². The lowest BCUT2D eigenvalue weighted by atomic mass is 9.73. The van der Waals surface area contributed by atoms with E-state index in [0.717, 1.165) is 6.42 Å². The summed E-state index contributed by atoms with van der Waals surface area (Å²) in [5.41, 5.74) is 6.30. The van der Waals surface area contributed by atoms with Gasteiger partial charge in [0.25, 0.3) is 0 Å². The first kappa shape index (κ1) is 14.8. The lowest BCUT2D eigenvalue weighted by Crippen LogP contribution is -2.68.